The molecule has 0 aromatic heterocycles. The molecule has 19 heavy (non-hydrogen) atoms. The third-order valence-corrected chi connectivity index (χ3v) is 3.14. The van der Waals surface area contributed by atoms with E-state index in [2.05, 4.69) is 5.32 Å². The molecule has 7 heteroatoms. The fourth-order valence-corrected chi connectivity index (χ4v) is 2.00. The topological polar surface area (TPSA) is 58.4 Å². The lowest BCUT2D eigenvalue weighted by molar-refractivity contribution is -0.178. The molecular weight excluding hydrogens is 259 g/mol. The van der Waals surface area contributed by atoms with Crippen LogP contribution >= 0.6 is 0 Å². The number of unbranched alkanes of at least 4 members (excludes halogenated alkanes) is 1. The third kappa shape index (κ3) is 4.89. The van der Waals surface area contributed by atoms with Crippen molar-refractivity contribution in [1.29, 1.82) is 0 Å². The fourth-order valence-electron chi connectivity index (χ4n) is 2.00. The van der Waals surface area contributed by atoms with Crippen molar-refractivity contribution in [3.63, 3.8) is 0 Å². The second kappa shape index (κ2) is 6.98. The Morgan fingerprint density at radius 3 is 2.53 bits per heavy atom. The summed E-state index contributed by atoms with van der Waals surface area (Å²) in [5.74, 6) is 0. The Bertz CT molecular complexity index is 292. The normalized spacial score (nSPS) is 17.1. The minimum Gasteiger partial charge on any atom is -0.338 e. The van der Waals surface area contributed by atoms with Gasteiger partial charge in [-0.1, -0.05) is 13.3 Å². The Hall–Kier alpha value is -0.980. The van der Waals surface area contributed by atoms with Crippen molar-refractivity contribution in [3.8, 4) is 0 Å². The maximum Gasteiger partial charge on any atom is 0.408 e. The molecule has 1 rings (SSSR count). The molecule has 0 aromatic rings. The van der Waals surface area contributed by atoms with Crippen molar-refractivity contribution in [2.24, 2.45) is 5.73 Å². The number of halogens is 3. The molecule has 4 nitrogen and oxygen atoms in total. The quantitative estimate of drug-likeness (QED) is 0.703. The van der Waals surface area contributed by atoms with E-state index in [4.69, 9.17) is 5.73 Å². The van der Waals surface area contributed by atoms with Gasteiger partial charge in [0.25, 0.3) is 0 Å². The van der Waals surface area contributed by atoms with Gasteiger partial charge in [-0.05, 0) is 32.2 Å². The predicted molar refractivity (Wildman–Crippen MR) is 66.7 cm³/mol. The molecule has 1 fully saturated rings. The van der Waals surface area contributed by atoms with Gasteiger partial charge in [-0.2, -0.15) is 13.2 Å². The molecule has 1 saturated carbocycles. The van der Waals surface area contributed by atoms with Crippen molar-refractivity contribution in [2.45, 2.75) is 57.3 Å². The standard InChI is InChI=1S/C12H22F3N3O/c1-2-3-8-17-11(19)18(9-4-5-9)10(6-7-16)12(13,14)15/h9-10H,2-8,16H2,1H3,(H,17,19). The van der Waals surface area contributed by atoms with E-state index in [1.807, 2.05) is 6.92 Å². The minimum atomic E-state index is -4.43. The number of carbonyl (C=O) groups excluding carboxylic acids is 1. The summed E-state index contributed by atoms with van der Waals surface area (Å²) in [6, 6.07) is -2.68. The number of urea groups is 1. The lowest BCUT2D eigenvalue weighted by Gasteiger charge is -2.33. The van der Waals surface area contributed by atoms with E-state index in [1.54, 1.807) is 0 Å². The van der Waals surface area contributed by atoms with Crippen LogP contribution < -0.4 is 11.1 Å². The summed E-state index contributed by atoms with van der Waals surface area (Å²) in [6.07, 6.45) is -1.75. The van der Waals surface area contributed by atoms with Crippen LogP contribution in [0.15, 0.2) is 0 Å². The third-order valence-electron chi connectivity index (χ3n) is 3.14. The van der Waals surface area contributed by atoms with Gasteiger partial charge in [0.2, 0.25) is 0 Å². The number of nitrogens with two attached hydrogens (primary N) is 1. The lowest BCUT2D eigenvalue weighted by Crippen LogP contribution is -2.54. The lowest BCUT2D eigenvalue weighted by atomic mass is 10.1. The smallest absolute Gasteiger partial charge is 0.338 e. The van der Waals surface area contributed by atoms with Gasteiger partial charge in [0, 0.05) is 12.6 Å². The van der Waals surface area contributed by atoms with Crippen molar-refractivity contribution < 1.29 is 18.0 Å². The molecule has 0 bridgehead atoms. The van der Waals surface area contributed by atoms with Crippen LogP contribution in [-0.4, -0.2) is 42.3 Å². The summed E-state index contributed by atoms with van der Waals surface area (Å²) in [6.45, 7) is 2.28. The second-order valence-electron chi connectivity index (χ2n) is 4.86. The number of carbonyl (C=O) groups is 1. The van der Waals surface area contributed by atoms with E-state index in [9.17, 15) is 18.0 Å². The van der Waals surface area contributed by atoms with Gasteiger partial charge in [0.1, 0.15) is 6.04 Å². The molecule has 0 aromatic carbocycles. The van der Waals surface area contributed by atoms with E-state index < -0.39 is 18.2 Å². The van der Waals surface area contributed by atoms with Crippen LogP contribution in [0.1, 0.15) is 39.0 Å². The number of hydrogen-bond donors (Lipinski definition) is 2. The SMILES string of the molecule is CCCCNC(=O)N(C1CC1)C(CCN)C(F)(F)F. The molecule has 0 aliphatic heterocycles. The Morgan fingerprint density at radius 2 is 2.11 bits per heavy atom. The highest BCUT2D eigenvalue weighted by Gasteiger charge is 2.49. The number of hydrogen-bond acceptors (Lipinski definition) is 2. The average Bonchev–Trinajstić information content (AvgIpc) is 3.12. The van der Waals surface area contributed by atoms with E-state index in [-0.39, 0.29) is 19.0 Å². The minimum absolute atomic E-state index is 0.0877. The molecule has 0 spiro atoms. The van der Waals surface area contributed by atoms with Crippen LogP contribution in [0.5, 0.6) is 0 Å². The van der Waals surface area contributed by atoms with Gasteiger partial charge in [-0.15, -0.1) is 0 Å². The molecule has 1 aliphatic carbocycles. The first kappa shape index (κ1) is 16.1. The van der Waals surface area contributed by atoms with Crippen LogP contribution in [0.25, 0.3) is 0 Å². The molecule has 1 unspecified atom stereocenters. The summed E-state index contributed by atoms with van der Waals surface area (Å²) in [4.78, 5) is 12.9. The summed E-state index contributed by atoms with van der Waals surface area (Å²) in [5.41, 5.74) is 5.25. The van der Waals surface area contributed by atoms with E-state index in [0.717, 1.165) is 17.7 Å². The summed E-state index contributed by atoms with van der Waals surface area (Å²) in [5, 5.41) is 2.56. The summed E-state index contributed by atoms with van der Waals surface area (Å²) in [7, 11) is 0. The van der Waals surface area contributed by atoms with Crippen molar-refractivity contribution >= 4 is 6.03 Å². The van der Waals surface area contributed by atoms with Crippen molar-refractivity contribution in [3.05, 3.63) is 0 Å². The molecule has 2 amide bonds. The molecule has 112 valence electrons. The maximum absolute atomic E-state index is 13.0. The van der Waals surface area contributed by atoms with Gasteiger partial charge in [-0.3, -0.25) is 0 Å². The Labute approximate surface area is 111 Å². The number of amides is 2. The number of alkyl halides is 3. The van der Waals surface area contributed by atoms with Gasteiger partial charge in [-0.25, -0.2) is 4.79 Å². The number of rotatable bonds is 7. The van der Waals surface area contributed by atoms with Crippen LogP contribution in [0.4, 0.5) is 18.0 Å². The fraction of sp³-hybridized carbons (Fsp3) is 0.917. The Balaban J connectivity index is 2.70. The Morgan fingerprint density at radius 1 is 1.47 bits per heavy atom. The zero-order valence-electron chi connectivity index (χ0n) is 11.2. The number of nitrogens with one attached hydrogen (secondary N) is 1. The van der Waals surface area contributed by atoms with Gasteiger partial charge >= 0.3 is 12.2 Å². The van der Waals surface area contributed by atoms with Gasteiger partial charge < -0.3 is 16.0 Å². The Kier molecular flexibility index (Phi) is 5.90. The first-order valence-electron chi connectivity index (χ1n) is 6.74. The highest BCUT2D eigenvalue weighted by atomic mass is 19.4. The maximum atomic E-state index is 13.0. The highest BCUT2D eigenvalue weighted by Crippen LogP contribution is 2.35. The van der Waals surface area contributed by atoms with Crippen LogP contribution in [0.2, 0.25) is 0 Å². The van der Waals surface area contributed by atoms with Crippen LogP contribution in [0.3, 0.4) is 0 Å². The van der Waals surface area contributed by atoms with Gasteiger partial charge in [0.05, 0.1) is 0 Å². The summed E-state index contributed by atoms with van der Waals surface area (Å²) < 4.78 is 39.1. The highest BCUT2D eigenvalue weighted by molar-refractivity contribution is 5.75. The second-order valence-corrected chi connectivity index (χ2v) is 4.86. The first-order valence-corrected chi connectivity index (χ1v) is 6.74. The van der Waals surface area contributed by atoms with Crippen molar-refractivity contribution in [2.75, 3.05) is 13.1 Å². The van der Waals surface area contributed by atoms with E-state index >= 15 is 0 Å². The van der Waals surface area contributed by atoms with E-state index in [0.29, 0.717) is 19.4 Å². The van der Waals surface area contributed by atoms with E-state index in [1.165, 1.54) is 0 Å². The molecule has 0 heterocycles. The number of nitrogens with zero attached hydrogens (tertiary/aromatic N) is 1. The van der Waals surface area contributed by atoms with Crippen LogP contribution in [-0.2, 0) is 0 Å². The van der Waals surface area contributed by atoms with Crippen LogP contribution in [0, 0.1) is 0 Å². The van der Waals surface area contributed by atoms with Crippen molar-refractivity contribution in [1.82, 2.24) is 10.2 Å². The molecule has 3 N–H and O–H groups in total. The first-order chi connectivity index (χ1) is 8.91. The molecule has 0 radical (unpaired) electrons. The molecular formula is C12H22F3N3O. The molecule has 1 aliphatic rings. The molecule has 0 saturated heterocycles. The zero-order valence-corrected chi connectivity index (χ0v) is 11.2. The molecule has 1 atom stereocenters. The monoisotopic (exact) mass is 281 g/mol. The zero-order chi connectivity index (χ0) is 14.5. The van der Waals surface area contributed by atoms with Gasteiger partial charge in [0.15, 0.2) is 0 Å². The average molecular weight is 281 g/mol. The summed E-state index contributed by atoms with van der Waals surface area (Å²) >= 11 is 0. The largest absolute Gasteiger partial charge is 0.408 e. The predicted octanol–water partition coefficient (Wildman–Crippen LogP) is 2.24.